The summed E-state index contributed by atoms with van der Waals surface area (Å²) in [5.41, 5.74) is 0.908. The first-order chi connectivity index (χ1) is 13.5. The maximum Gasteiger partial charge on any atom is 0.324 e. The summed E-state index contributed by atoms with van der Waals surface area (Å²) in [6, 6.07) is 4.18. The summed E-state index contributed by atoms with van der Waals surface area (Å²) in [7, 11) is 3.11. The highest BCUT2D eigenvalue weighted by atomic mass is 16.5. The van der Waals surface area contributed by atoms with Crippen LogP contribution in [0.15, 0.2) is 18.2 Å². The van der Waals surface area contributed by atoms with Crippen LogP contribution in [0, 0.1) is 0 Å². The van der Waals surface area contributed by atoms with E-state index in [1.807, 2.05) is 12.1 Å². The number of carbonyl (C=O) groups is 3. The molecule has 2 fully saturated rings. The van der Waals surface area contributed by atoms with E-state index in [-0.39, 0.29) is 24.8 Å². The van der Waals surface area contributed by atoms with Crippen LogP contribution in [0.4, 0.5) is 4.79 Å². The highest BCUT2D eigenvalue weighted by Gasteiger charge is 2.39. The summed E-state index contributed by atoms with van der Waals surface area (Å²) in [5, 5.41) is 2.61. The van der Waals surface area contributed by atoms with Crippen LogP contribution in [0.25, 0.3) is 0 Å². The van der Waals surface area contributed by atoms with Gasteiger partial charge in [-0.25, -0.2) is 4.79 Å². The molecule has 2 heterocycles. The zero-order chi connectivity index (χ0) is 20.1. The number of benzene rings is 1. The van der Waals surface area contributed by atoms with Crippen molar-refractivity contribution in [3.63, 3.8) is 0 Å². The second-order valence-electron chi connectivity index (χ2n) is 6.63. The third-order valence-electron chi connectivity index (χ3n) is 4.92. The van der Waals surface area contributed by atoms with E-state index in [0.29, 0.717) is 44.2 Å². The van der Waals surface area contributed by atoms with Crippen molar-refractivity contribution in [1.29, 1.82) is 0 Å². The van der Waals surface area contributed by atoms with Gasteiger partial charge < -0.3 is 24.4 Å². The molecule has 2 aliphatic heterocycles. The van der Waals surface area contributed by atoms with Crippen molar-refractivity contribution in [2.45, 2.75) is 18.9 Å². The Morgan fingerprint density at radius 3 is 2.57 bits per heavy atom. The number of ether oxygens (including phenoxy) is 3. The molecule has 0 saturated carbocycles. The quantitative estimate of drug-likeness (QED) is 0.677. The van der Waals surface area contributed by atoms with Gasteiger partial charge in [0.15, 0.2) is 11.5 Å². The zero-order valence-electron chi connectivity index (χ0n) is 16.1. The Morgan fingerprint density at radius 1 is 1.18 bits per heavy atom. The summed E-state index contributed by atoms with van der Waals surface area (Å²) in [6.45, 7) is 2.23. The normalized spacial score (nSPS) is 19.6. The number of hydrogen-bond donors (Lipinski definition) is 1. The molecule has 0 bridgehead atoms. The highest BCUT2D eigenvalue weighted by Crippen LogP contribution is 2.28. The molecule has 0 spiro atoms. The lowest BCUT2D eigenvalue weighted by Gasteiger charge is -2.27. The van der Waals surface area contributed by atoms with Crippen LogP contribution in [0.5, 0.6) is 11.5 Å². The number of hydrogen-bond acceptors (Lipinski definition) is 6. The van der Waals surface area contributed by atoms with Crippen LogP contribution < -0.4 is 14.8 Å². The van der Waals surface area contributed by atoms with Crippen molar-refractivity contribution in [2.75, 3.05) is 47.1 Å². The monoisotopic (exact) mass is 391 g/mol. The van der Waals surface area contributed by atoms with Crippen LogP contribution in [0.3, 0.4) is 0 Å². The van der Waals surface area contributed by atoms with E-state index >= 15 is 0 Å². The molecule has 0 unspecified atom stereocenters. The van der Waals surface area contributed by atoms with E-state index < -0.39 is 12.1 Å². The molecule has 2 aliphatic rings. The topological polar surface area (TPSA) is 97.4 Å². The van der Waals surface area contributed by atoms with Crippen LogP contribution in [0.1, 0.15) is 12.0 Å². The van der Waals surface area contributed by atoms with Gasteiger partial charge in [0.05, 0.1) is 33.9 Å². The van der Waals surface area contributed by atoms with E-state index in [1.54, 1.807) is 25.2 Å². The number of methoxy groups -OCH3 is 2. The fourth-order valence-electron chi connectivity index (χ4n) is 3.32. The van der Waals surface area contributed by atoms with Crippen molar-refractivity contribution >= 4 is 17.8 Å². The molecule has 4 amide bonds. The number of rotatable bonds is 7. The first-order valence-corrected chi connectivity index (χ1v) is 9.21. The number of urea groups is 1. The van der Waals surface area contributed by atoms with Crippen LogP contribution in [0.2, 0.25) is 0 Å². The van der Waals surface area contributed by atoms with Crippen LogP contribution in [-0.4, -0.2) is 80.8 Å². The average Bonchev–Trinajstić information content (AvgIpc) is 2.99. The molecule has 0 aromatic heterocycles. The Kier molecular flexibility index (Phi) is 6.35. The Hall–Kier alpha value is -2.81. The van der Waals surface area contributed by atoms with Gasteiger partial charge in [-0.05, 0) is 24.1 Å². The third kappa shape index (κ3) is 4.36. The van der Waals surface area contributed by atoms with Gasteiger partial charge in [0.25, 0.3) is 5.91 Å². The molecule has 9 nitrogen and oxygen atoms in total. The van der Waals surface area contributed by atoms with Crippen LogP contribution >= 0.6 is 0 Å². The second kappa shape index (κ2) is 8.92. The van der Waals surface area contributed by atoms with E-state index in [9.17, 15) is 14.4 Å². The molecule has 3 rings (SSSR count). The molecule has 0 aliphatic carbocycles. The molecule has 1 aromatic rings. The Labute approximate surface area is 163 Å². The second-order valence-corrected chi connectivity index (χ2v) is 6.63. The number of amides is 4. The molecule has 9 heteroatoms. The van der Waals surface area contributed by atoms with E-state index in [0.717, 1.165) is 10.5 Å². The third-order valence-corrected chi connectivity index (χ3v) is 4.92. The van der Waals surface area contributed by atoms with Crippen molar-refractivity contribution < 1.29 is 28.6 Å². The first kappa shape index (κ1) is 19.9. The summed E-state index contributed by atoms with van der Waals surface area (Å²) in [6.07, 6.45) is 0.446. The number of nitrogens with one attached hydrogen (secondary N) is 1. The predicted octanol–water partition coefficient (Wildman–Crippen LogP) is 0.416. The average molecular weight is 391 g/mol. The van der Waals surface area contributed by atoms with Gasteiger partial charge in [0.1, 0.15) is 6.04 Å². The van der Waals surface area contributed by atoms with Gasteiger partial charge in [-0.2, -0.15) is 0 Å². The molecule has 0 radical (unpaired) electrons. The Balaban J connectivity index is 1.57. The smallest absolute Gasteiger partial charge is 0.324 e. The van der Waals surface area contributed by atoms with Gasteiger partial charge in [0, 0.05) is 19.6 Å². The van der Waals surface area contributed by atoms with Crippen molar-refractivity contribution in [3.05, 3.63) is 23.8 Å². The maximum atomic E-state index is 12.6. The minimum absolute atomic E-state index is 0.0303. The van der Waals surface area contributed by atoms with Crippen LogP contribution in [-0.2, 0) is 20.7 Å². The molecular weight excluding hydrogens is 366 g/mol. The number of morpholine rings is 1. The van der Waals surface area contributed by atoms with Gasteiger partial charge in [0.2, 0.25) is 5.91 Å². The minimum atomic E-state index is -0.812. The predicted molar refractivity (Wildman–Crippen MR) is 99.3 cm³/mol. The lowest BCUT2D eigenvalue weighted by molar-refractivity contribution is -0.138. The van der Waals surface area contributed by atoms with Gasteiger partial charge in [-0.3, -0.25) is 14.5 Å². The summed E-state index contributed by atoms with van der Waals surface area (Å²) in [5.74, 6) is 0.685. The SMILES string of the molecule is COc1ccc(CCN2C(=O)N[C@@H](CC(=O)N3CCOCC3)C2=O)cc1OC. The molecule has 28 heavy (non-hydrogen) atoms. The summed E-state index contributed by atoms with van der Waals surface area (Å²) in [4.78, 5) is 40.0. The zero-order valence-corrected chi connectivity index (χ0v) is 16.1. The molecular formula is C19H25N3O6. The van der Waals surface area contributed by atoms with Gasteiger partial charge in [-0.15, -0.1) is 0 Å². The van der Waals surface area contributed by atoms with Crippen molar-refractivity contribution in [3.8, 4) is 11.5 Å². The van der Waals surface area contributed by atoms with Crippen molar-refractivity contribution in [2.24, 2.45) is 0 Å². The minimum Gasteiger partial charge on any atom is -0.493 e. The molecule has 152 valence electrons. The Bertz CT molecular complexity index is 747. The standard InChI is InChI=1S/C19H25N3O6/c1-26-15-4-3-13(11-16(15)27-2)5-6-22-18(24)14(20-19(22)25)12-17(23)21-7-9-28-10-8-21/h3-4,11,14H,5-10,12H2,1-2H3,(H,20,25)/t14-/m0/s1. The summed E-state index contributed by atoms with van der Waals surface area (Å²) < 4.78 is 15.7. The summed E-state index contributed by atoms with van der Waals surface area (Å²) >= 11 is 0. The number of imide groups is 1. The highest BCUT2D eigenvalue weighted by molar-refractivity contribution is 6.05. The first-order valence-electron chi connectivity index (χ1n) is 9.21. The van der Waals surface area contributed by atoms with E-state index in [4.69, 9.17) is 14.2 Å². The molecule has 1 atom stereocenters. The molecule has 1 N–H and O–H groups in total. The van der Waals surface area contributed by atoms with Crippen molar-refractivity contribution in [1.82, 2.24) is 15.1 Å². The fourth-order valence-corrected chi connectivity index (χ4v) is 3.32. The van der Waals surface area contributed by atoms with E-state index in [1.165, 1.54) is 0 Å². The number of carbonyl (C=O) groups excluding carboxylic acids is 3. The Morgan fingerprint density at radius 2 is 1.89 bits per heavy atom. The largest absolute Gasteiger partial charge is 0.493 e. The number of nitrogens with zero attached hydrogens (tertiary/aromatic N) is 2. The lowest BCUT2D eigenvalue weighted by atomic mass is 10.1. The molecule has 2 saturated heterocycles. The fraction of sp³-hybridized carbons (Fsp3) is 0.526. The molecule has 1 aromatic carbocycles. The van der Waals surface area contributed by atoms with E-state index in [2.05, 4.69) is 5.32 Å². The van der Waals surface area contributed by atoms with Gasteiger partial charge >= 0.3 is 6.03 Å². The maximum absolute atomic E-state index is 12.6. The lowest BCUT2D eigenvalue weighted by Crippen LogP contribution is -2.44. The van der Waals surface area contributed by atoms with Gasteiger partial charge in [-0.1, -0.05) is 6.07 Å².